The van der Waals surface area contributed by atoms with Crippen LogP contribution >= 0.6 is 11.3 Å². The quantitative estimate of drug-likeness (QED) is 0.169. The van der Waals surface area contributed by atoms with Gasteiger partial charge in [-0.05, 0) is 80.6 Å². The zero-order chi connectivity index (χ0) is 39.6. The summed E-state index contributed by atoms with van der Waals surface area (Å²) in [4.78, 5) is 10.5. The normalized spacial score (nSPS) is 11.7. The Bertz CT molecular complexity index is 3580. The van der Waals surface area contributed by atoms with E-state index in [1.807, 2.05) is 29.5 Å². The molecule has 3 aromatic heterocycles. The molecule has 0 amide bonds. The summed E-state index contributed by atoms with van der Waals surface area (Å²) in [5, 5.41) is 7.13. The monoisotopic (exact) mass is 782 g/mol. The van der Waals surface area contributed by atoms with Crippen molar-refractivity contribution in [3.05, 3.63) is 206 Å². The number of furan rings is 1. The van der Waals surface area contributed by atoms with Crippen molar-refractivity contribution in [3.8, 4) is 67.3 Å². The number of hydrogen-bond donors (Lipinski definition) is 0. The van der Waals surface area contributed by atoms with Crippen LogP contribution in [0.4, 0.5) is 0 Å². The first-order chi connectivity index (χ1) is 29.7. The summed E-state index contributed by atoms with van der Waals surface area (Å²) in [6, 6.07) is 73.2. The lowest BCUT2D eigenvalue weighted by molar-refractivity contribution is 0.669. The molecule has 4 heteroatoms. The molecule has 280 valence electrons. The molecule has 0 unspecified atom stereocenters. The van der Waals surface area contributed by atoms with Crippen molar-refractivity contribution in [2.75, 3.05) is 0 Å². The number of hydrogen-bond acceptors (Lipinski definition) is 4. The Morgan fingerprint density at radius 1 is 0.350 bits per heavy atom. The van der Waals surface area contributed by atoms with E-state index in [1.165, 1.54) is 47.6 Å². The molecule has 3 nitrogen and oxygen atoms in total. The highest BCUT2D eigenvalue weighted by molar-refractivity contribution is 7.26. The Labute approximate surface area is 350 Å². The fourth-order valence-electron chi connectivity index (χ4n) is 8.68. The summed E-state index contributed by atoms with van der Waals surface area (Å²) in [6.45, 7) is 0. The van der Waals surface area contributed by atoms with E-state index >= 15 is 0 Å². The van der Waals surface area contributed by atoms with Gasteiger partial charge in [0.15, 0.2) is 5.82 Å². The first kappa shape index (κ1) is 34.4. The zero-order valence-corrected chi connectivity index (χ0v) is 33.2. The highest BCUT2D eigenvalue weighted by Crippen LogP contribution is 2.42. The summed E-state index contributed by atoms with van der Waals surface area (Å²) in [6.07, 6.45) is 0. The Hall–Kier alpha value is -7.66. The smallest absolute Gasteiger partial charge is 0.161 e. The molecule has 0 radical (unpaired) electrons. The third-order valence-corrected chi connectivity index (χ3v) is 12.9. The van der Waals surface area contributed by atoms with Gasteiger partial charge in [0, 0.05) is 47.6 Å². The summed E-state index contributed by atoms with van der Waals surface area (Å²) in [7, 11) is 0. The van der Waals surface area contributed by atoms with Gasteiger partial charge in [-0.2, -0.15) is 0 Å². The molecule has 0 aliphatic rings. The van der Waals surface area contributed by atoms with Crippen molar-refractivity contribution in [2.45, 2.75) is 0 Å². The van der Waals surface area contributed by atoms with Gasteiger partial charge in [-0.25, -0.2) is 9.97 Å². The Kier molecular flexibility index (Phi) is 8.03. The van der Waals surface area contributed by atoms with Crippen LogP contribution in [0.5, 0.6) is 0 Å². The average Bonchev–Trinajstić information content (AvgIpc) is 3.90. The summed E-state index contributed by atoms with van der Waals surface area (Å²) < 4.78 is 9.12. The van der Waals surface area contributed by atoms with E-state index in [4.69, 9.17) is 14.4 Å². The highest BCUT2D eigenvalue weighted by Gasteiger charge is 2.18. The number of benzene rings is 9. The summed E-state index contributed by atoms with van der Waals surface area (Å²) >= 11 is 1.87. The molecule has 0 N–H and O–H groups in total. The molecule has 60 heavy (non-hydrogen) atoms. The number of fused-ring (bicyclic) bond motifs is 7. The molecule has 12 rings (SSSR count). The maximum Gasteiger partial charge on any atom is 0.161 e. The van der Waals surface area contributed by atoms with Gasteiger partial charge in [-0.3, -0.25) is 0 Å². The van der Waals surface area contributed by atoms with E-state index in [2.05, 4.69) is 188 Å². The van der Waals surface area contributed by atoms with Gasteiger partial charge in [0.25, 0.3) is 0 Å². The lowest BCUT2D eigenvalue weighted by Gasteiger charge is -2.11. The molecule has 0 saturated heterocycles. The van der Waals surface area contributed by atoms with Gasteiger partial charge < -0.3 is 4.42 Å². The van der Waals surface area contributed by atoms with Gasteiger partial charge in [0.05, 0.1) is 11.4 Å². The second-order valence-electron chi connectivity index (χ2n) is 15.3. The minimum absolute atomic E-state index is 0.657. The van der Waals surface area contributed by atoms with Crippen LogP contribution in [0.25, 0.3) is 120 Å². The molecule has 0 aliphatic heterocycles. The Balaban J connectivity index is 0.925. The van der Waals surface area contributed by atoms with Gasteiger partial charge in [0.1, 0.15) is 11.2 Å². The van der Waals surface area contributed by atoms with E-state index < -0.39 is 0 Å². The molecule has 3 heterocycles. The number of aromatic nitrogens is 2. The maximum atomic E-state index is 6.47. The second kappa shape index (κ2) is 14.0. The molecular weight excluding hydrogens is 749 g/mol. The van der Waals surface area contributed by atoms with Crippen LogP contribution in [0.1, 0.15) is 0 Å². The second-order valence-corrected chi connectivity index (χ2v) is 16.4. The molecular formula is C56H34N2OS. The van der Waals surface area contributed by atoms with Crippen molar-refractivity contribution in [3.63, 3.8) is 0 Å². The molecule has 0 saturated carbocycles. The lowest BCUT2D eigenvalue weighted by Crippen LogP contribution is -1.96. The van der Waals surface area contributed by atoms with Crippen molar-refractivity contribution in [1.82, 2.24) is 9.97 Å². The Morgan fingerprint density at radius 2 is 0.950 bits per heavy atom. The number of thiophene rings is 1. The third-order valence-electron chi connectivity index (χ3n) is 11.7. The van der Waals surface area contributed by atoms with Crippen molar-refractivity contribution in [2.24, 2.45) is 0 Å². The minimum Gasteiger partial charge on any atom is -0.456 e. The van der Waals surface area contributed by atoms with Gasteiger partial charge >= 0.3 is 0 Å². The highest BCUT2D eigenvalue weighted by atomic mass is 32.1. The third kappa shape index (κ3) is 5.88. The lowest BCUT2D eigenvalue weighted by atomic mass is 9.97. The summed E-state index contributed by atoms with van der Waals surface area (Å²) in [5.74, 6) is 0.657. The maximum absolute atomic E-state index is 6.47. The predicted octanol–water partition coefficient (Wildman–Crippen LogP) is 15.9. The predicted molar refractivity (Wildman–Crippen MR) is 252 cm³/mol. The Morgan fingerprint density at radius 3 is 1.77 bits per heavy atom. The fraction of sp³-hybridized carbons (Fsp3) is 0. The average molecular weight is 783 g/mol. The van der Waals surface area contributed by atoms with Crippen LogP contribution in [-0.4, -0.2) is 9.97 Å². The van der Waals surface area contributed by atoms with Crippen molar-refractivity contribution < 1.29 is 4.42 Å². The molecule has 0 spiro atoms. The zero-order valence-electron chi connectivity index (χ0n) is 32.3. The number of nitrogens with zero attached hydrogens (tertiary/aromatic N) is 2. The largest absolute Gasteiger partial charge is 0.456 e. The van der Waals surface area contributed by atoms with E-state index in [-0.39, 0.29) is 0 Å². The van der Waals surface area contributed by atoms with Gasteiger partial charge in [0.2, 0.25) is 0 Å². The van der Waals surface area contributed by atoms with Gasteiger partial charge in [-0.15, -0.1) is 11.3 Å². The van der Waals surface area contributed by atoms with Crippen LogP contribution in [-0.2, 0) is 0 Å². The van der Waals surface area contributed by atoms with E-state index in [0.717, 1.165) is 66.7 Å². The topological polar surface area (TPSA) is 38.9 Å². The van der Waals surface area contributed by atoms with E-state index in [9.17, 15) is 0 Å². The molecule has 0 atom stereocenters. The van der Waals surface area contributed by atoms with Crippen LogP contribution < -0.4 is 0 Å². The van der Waals surface area contributed by atoms with Crippen molar-refractivity contribution >= 4 is 64.2 Å². The first-order valence-corrected chi connectivity index (χ1v) is 21.0. The standard InChI is InChI=1S/C56H34N2OS/c1-2-11-39(12-3-1)49-34-50(40-27-22-37(23-28-40)36-20-25-38(26-21-36)44-15-8-16-46-45-14-6-7-19-53(45)60-55(44)46)58-56(57-49)47-17-9-18-52-54(47)48-33-43(30-31-51(48)59-52)42-29-24-35-10-4-5-13-41(35)32-42/h1-34H. The van der Waals surface area contributed by atoms with E-state index in [1.54, 1.807) is 0 Å². The minimum atomic E-state index is 0.657. The van der Waals surface area contributed by atoms with E-state index in [0.29, 0.717) is 5.82 Å². The van der Waals surface area contributed by atoms with Crippen LogP contribution in [0, 0.1) is 0 Å². The first-order valence-electron chi connectivity index (χ1n) is 20.2. The SMILES string of the molecule is c1ccc(-c2cc(-c3ccc(-c4ccc(-c5cccc6c5sc5ccccc56)cc4)cc3)nc(-c3cccc4oc5ccc(-c6ccc7ccccc7c6)cc5c34)n2)cc1. The van der Waals surface area contributed by atoms with Crippen molar-refractivity contribution in [1.29, 1.82) is 0 Å². The number of rotatable bonds is 6. The molecule has 9 aromatic carbocycles. The molecule has 0 aliphatic carbocycles. The molecule has 0 bridgehead atoms. The van der Waals surface area contributed by atoms with Crippen LogP contribution in [0.3, 0.4) is 0 Å². The molecule has 12 aromatic rings. The van der Waals surface area contributed by atoms with Crippen LogP contribution in [0.2, 0.25) is 0 Å². The fourth-order valence-corrected chi connectivity index (χ4v) is 9.92. The summed E-state index contributed by atoms with van der Waals surface area (Å²) in [5.41, 5.74) is 13.5. The van der Waals surface area contributed by atoms with Crippen LogP contribution in [0.15, 0.2) is 211 Å². The molecule has 0 fully saturated rings. The van der Waals surface area contributed by atoms with Gasteiger partial charge in [-0.1, -0.05) is 170 Å².